The van der Waals surface area contributed by atoms with Crippen LogP contribution < -0.4 is 20.1 Å². The molecule has 2 heterocycles. The smallest absolute Gasteiger partial charge is 0.352 e. The number of halogens is 1. The second-order valence-corrected chi connectivity index (χ2v) is 7.26. The summed E-state index contributed by atoms with van der Waals surface area (Å²) in [5.41, 5.74) is 1.25. The number of rotatable bonds is 6. The number of carboxylic acids is 1. The van der Waals surface area contributed by atoms with Crippen LogP contribution in [0.4, 0.5) is 11.5 Å². The molecule has 1 aromatic heterocycles. The number of hydrogen-bond donors (Lipinski definition) is 3. The van der Waals surface area contributed by atoms with Crippen molar-refractivity contribution >= 4 is 35.0 Å². The van der Waals surface area contributed by atoms with E-state index in [1.54, 1.807) is 28.9 Å². The Bertz CT molecular complexity index is 1240. The van der Waals surface area contributed by atoms with Crippen LogP contribution in [0.15, 0.2) is 60.4 Å². The van der Waals surface area contributed by atoms with Crippen LogP contribution in [0.1, 0.15) is 22.0 Å². The van der Waals surface area contributed by atoms with Gasteiger partial charge in [-0.05, 0) is 30.3 Å². The van der Waals surface area contributed by atoms with Gasteiger partial charge in [0, 0.05) is 11.3 Å². The van der Waals surface area contributed by atoms with Crippen LogP contribution >= 0.6 is 11.6 Å². The van der Waals surface area contributed by atoms with Crippen molar-refractivity contribution in [3.8, 4) is 11.5 Å². The molecular weight excluding hydrogens is 436 g/mol. The molecule has 9 nitrogen and oxygen atoms in total. The molecule has 2 aromatic carbocycles. The number of carbonyl (C=O) groups is 2. The van der Waals surface area contributed by atoms with E-state index in [0.717, 1.165) is 0 Å². The fourth-order valence-electron chi connectivity index (χ4n) is 3.46. The van der Waals surface area contributed by atoms with Gasteiger partial charge in [0.2, 0.25) is 0 Å². The molecule has 0 saturated carbocycles. The second-order valence-electron chi connectivity index (χ2n) is 6.85. The number of benzene rings is 2. The lowest BCUT2D eigenvalue weighted by Gasteiger charge is -2.25. The van der Waals surface area contributed by atoms with Gasteiger partial charge < -0.3 is 25.2 Å². The molecule has 3 N–H and O–H groups in total. The predicted molar refractivity (Wildman–Crippen MR) is 119 cm³/mol. The summed E-state index contributed by atoms with van der Waals surface area (Å²) in [6.45, 7) is 0. The first kappa shape index (κ1) is 21.3. The Labute approximate surface area is 188 Å². The minimum Gasteiger partial charge on any atom is -0.496 e. The third-order valence-corrected chi connectivity index (χ3v) is 5.27. The lowest BCUT2D eigenvalue weighted by Crippen LogP contribution is -2.26. The number of allylic oxidation sites excluding steroid dienone is 1. The maximum atomic E-state index is 13.0. The Kier molecular flexibility index (Phi) is 5.74. The zero-order valence-corrected chi connectivity index (χ0v) is 17.9. The molecule has 164 valence electrons. The number of nitrogens with one attached hydrogen (secondary N) is 2. The number of carboxylic acid groups (broad SMARTS) is 1. The van der Waals surface area contributed by atoms with E-state index in [4.69, 9.17) is 21.1 Å². The first-order chi connectivity index (χ1) is 15.4. The summed E-state index contributed by atoms with van der Waals surface area (Å²) in [5, 5.41) is 19.8. The van der Waals surface area contributed by atoms with Gasteiger partial charge >= 0.3 is 5.97 Å². The number of methoxy groups -OCH3 is 2. The normalized spacial score (nSPS) is 14.6. The number of fused-ring (bicyclic) bond motifs is 1. The summed E-state index contributed by atoms with van der Waals surface area (Å²) in [6, 6.07) is 11.5. The first-order valence-corrected chi connectivity index (χ1v) is 9.88. The van der Waals surface area contributed by atoms with Gasteiger partial charge in [-0.3, -0.25) is 4.79 Å². The Morgan fingerprint density at radius 3 is 2.59 bits per heavy atom. The third-order valence-electron chi connectivity index (χ3n) is 4.98. The van der Waals surface area contributed by atoms with Crippen LogP contribution in [-0.4, -0.2) is 41.0 Å². The summed E-state index contributed by atoms with van der Waals surface area (Å²) in [5.74, 6) is -0.347. The van der Waals surface area contributed by atoms with E-state index in [-0.39, 0.29) is 17.1 Å². The molecule has 0 aliphatic carbocycles. The molecule has 1 amide bonds. The van der Waals surface area contributed by atoms with Crippen molar-refractivity contribution < 1.29 is 24.2 Å². The fraction of sp³-hybridized carbons (Fsp3) is 0.136. The molecule has 0 spiro atoms. The maximum absolute atomic E-state index is 13.0. The Morgan fingerprint density at radius 1 is 1.16 bits per heavy atom. The highest BCUT2D eigenvalue weighted by atomic mass is 35.5. The molecule has 1 aliphatic heterocycles. The summed E-state index contributed by atoms with van der Waals surface area (Å²) in [4.78, 5) is 24.8. The van der Waals surface area contributed by atoms with Crippen LogP contribution in [0.3, 0.4) is 0 Å². The molecule has 0 saturated heterocycles. The number of aromatic nitrogens is 2. The summed E-state index contributed by atoms with van der Waals surface area (Å²) in [7, 11) is 3.03. The minimum absolute atomic E-state index is 0.0737. The van der Waals surface area contributed by atoms with E-state index < -0.39 is 17.9 Å². The highest BCUT2D eigenvalue weighted by Crippen LogP contribution is 2.36. The van der Waals surface area contributed by atoms with Crippen molar-refractivity contribution in [3.63, 3.8) is 0 Å². The van der Waals surface area contributed by atoms with E-state index in [1.165, 1.54) is 26.5 Å². The number of carbonyl (C=O) groups excluding carboxylic acids is 1. The van der Waals surface area contributed by atoms with Crippen molar-refractivity contribution in [2.75, 3.05) is 24.9 Å². The van der Waals surface area contributed by atoms with E-state index in [2.05, 4.69) is 15.7 Å². The van der Waals surface area contributed by atoms with E-state index in [9.17, 15) is 14.7 Å². The van der Waals surface area contributed by atoms with Crippen LogP contribution in [-0.2, 0) is 4.79 Å². The van der Waals surface area contributed by atoms with E-state index in [1.807, 2.05) is 18.2 Å². The molecule has 10 heteroatoms. The summed E-state index contributed by atoms with van der Waals surface area (Å²) < 4.78 is 12.1. The van der Waals surface area contributed by atoms with Crippen molar-refractivity contribution in [2.24, 2.45) is 0 Å². The predicted octanol–water partition coefficient (Wildman–Crippen LogP) is 3.79. The van der Waals surface area contributed by atoms with Crippen molar-refractivity contribution in [1.29, 1.82) is 0 Å². The molecule has 0 bridgehead atoms. The SMILES string of the molecule is COc1ccc(NC(=O)c2cnn3c2NC(C(=O)O)=CC3c2ccccc2OC)cc1Cl. The largest absolute Gasteiger partial charge is 0.496 e. The van der Waals surface area contributed by atoms with E-state index >= 15 is 0 Å². The zero-order chi connectivity index (χ0) is 22.8. The average Bonchev–Trinajstić information content (AvgIpc) is 3.23. The number of ether oxygens (including phenoxy) is 2. The topological polar surface area (TPSA) is 115 Å². The molecule has 0 radical (unpaired) electrons. The number of para-hydroxylation sites is 1. The van der Waals surface area contributed by atoms with Gasteiger partial charge in [0.25, 0.3) is 5.91 Å². The van der Waals surface area contributed by atoms with Crippen LogP contribution in [0.2, 0.25) is 5.02 Å². The Morgan fingerprint density at radius 2 is 1.91 bits per heavy atom. The molecule has 0 fully saturated rings. The maximum Gasteiger partial charge on any atom is 0.352 e. The van der Waals surface area contributed by atoms with Gasteiger partial charge in [0.15, 0.2) is 0 Å². The molecule has 3 aromatic rings. The number of hydrogen-bond acceptors (Lipinski definition) is 6. The lowest BCUT2D eigenvalue weighted by atomic mass is 10.0. The zero-order valence-electron chi connectivity index (χ0n) is 17.1. The summed E-state index contributed by atoms with van der Waals surface area (Å²) >= 11 is 6.13. The highest BCUT2D eigenvalue weighted by molar-refractivity contribution is 6.32. The Balaban J connectivity index is 1.71. The van der Waals surface area contributed by atoms with Gasteiger partial charge in [0.1, 0.15) is 34.6 Å². The van der Waals surface area contributed by atoms with Gasteiger partial charge in [0.05, 0.1) is 25.4 Å². The van der Waals surface area contributed by atoms with Crippen LogP contribution in [0, 0.1) is 0 Å². The second kappa shape index (κ2) is 8.64. The minimum atomic E-state index is -1.16. The first-order valence-electron chi connectivity index (χ1n) is 9.50. The molecule has 4 rings (SSSR count). The van der Waals surface area contributed by atoms with E-state index in [0.29, 0.717) is 27.8 Å². The van der Waals surface area contributed by atoms with Gasteiger partial charge in [-0.2, -0.15) is 5.10 Å². The monoisotopic (exact) mass is 454 g/mol. The summed E-state index contributed by atoms with van der Waals surface area (Å²) in [6.07, 6.45) is 2.90. The highest BCUT2D eigenvalue weighted by Gasteiger charge is 2.30. The number of anilines is 2. The van der Waals surface area contributed by atoms with Crippen molar-refractivity contribution in [2.45, 2.75) is 6.04 Å². The van der Waals surface area contributed by atoms with Gasteiger partial charge in [-0.1, -0.05) is 29.8 Å². The molecule has 1 atom stereocenters. The van der Waals surface area contributed by atoms with Gasteiger partial charge in [-0.25, -0.2) is 9.48 Å². The third kappa shape index (κ3) is 3.85. The molecule has 32 heavy (non-hydrogen) atoms. The van der Waals surface area contributed by atoms with Gasteiger partial charge in [-0.15, -0.1) is 0 Å². The van der Waals surface area contributed by atoms with Crippen molar-refractivity contribution in [1.82, 2.24) is 9.78 Å². The fourth-order valence-corrected chi connectivity index (χ4v) is 3.72. The Hall–Kier alpha value is -3.98. The number of aliphatic carboxylic acids is 1. The van der Waals surface area contributed by atoms with Crippen LogP contribution in [0.5, 0.6) is 11.5 Å². The molecular formula is C22H19ClN4O5. The average molecular weight is 455 g/mol. The lowest BCUT2D eigenvalue weighted by molar-refractivity contribution is -0.132. The van der Waals surface area contributed by atoms with Crippen LogP contribution in [0.25, 0.3) is 0 Å². The van der Waals surface area contributed by atoms with Crippen molar-refractivity contribution in [3.05, 3.63) is 76.6 Å². The number of nitrogens with zero attached hydrogens (tertiary/aromatic N) is 2. The quantitative estimate of drug-likeness (QED) is 0.519. The molecule has 1 unspecified atom stereocenters. The molecule has 1 aliphatic rings. The number of amides is 1. The standard InChI is InChI=1S/C22H19ClN4O5/c1-31-18-6-4-3-5-13(18)17-10-16(22(29)30)26-20-14(11-24-27(17)20)21(28)25-12-7-8-19(32-2)15(23)9-12/h3-11,17,26H,1-2H3,(H,25,28)(H,29,30).